The normalized spacial score (nSPS) is 17.2. The highest BCUT2D eigenvalue weighted by Gasteiger charge is 2.11. The summed E-state index contributed by atoms with van der Waals surface area (Å²) in [6.45, 7) is 0. The molecule has 1 rings (SSSR count). The van der Waals surface area contributed by atoms with Crippen LogP contribution in [0.15, 0.2) is 23.8 Å². The Hall–Kier alpha value is -0.600. The van der Waals surface area contributed by atoms with E-state index in [4.69, 9.17) is 9.47 Å². The van der Waals surface area contributed by atoms with E-state index in [1.807, 2.05) is 6.08 Å². The lowest BCUT2D eigenvalue weighted by molar-refractivity contribution is -0.0766. The average Bonchev–Trinajstić information content (AvgIpc) is 2.09. The molecule has 0 radical (unpaired) electrons. The number of allylic oxidation sites excluding steroid dienone is 3. The van der Waals surface area contributed by atoms with E-state index < -0.39 is 0 Å². The van der Waals surface area contributed by atoms with Crippen molar-refractivity contribution in [2.24, 2.45) is 0 Å². The molecule has 1 aliphatic rings. The van der Waals surface area contributed by atoms with Crippen molar-refractivity contribution in [2.75, 3.05) is 14.2 Å². The molecule has 0 aromatic heterocycles. The molecule has 62 valence electrons. The fourth-order valence-corrected chi connectivity index (χ4v) is 1.22. The summed E-state index contributed by atoms with van der Waals surface area (Å²) in [4.78, 5) is 0. The molecule has 2 heteroatoms. The topological polar surface area (TPSA) is 18.5 Å². The highest BCUT2D eigenvalue weighted by molar-refractivity contribution is 5.19. The van der Waals surface area contributed by atoms with Crippen molar-refractivity contribution in [1.82, 2.24) is 0 Å². The van der Waals surface area contributed by atoms with Crippen LogP contribution >= 0.6 is 0 Å². The van der Waals surface area contributed by atoms with Gasteiger partial charge in [0.15, 0.2) is 6.29 Å². The molecule has 0 aliphatic heterocycles. The standard InChI is InChI=1S/C9H14O2/c1-10-9(11-2)8-6-4-3-5-7-8/h3-4,6,9H,5,7H2,1-2H3. The second kappa shape index (κ2) is 4.31. The Kier molecular flexibility index (Phi) is 3.33. The summed E-state index contributed by atoms with van der Waals surface area (Å²) in [5.41, 5.74) is 1.22. The van der Waals surface area contributed by atoms with Crippen LogP contribution in [0.1, 0.15) is 12.8 Å². The van der Waals surface area contributed by atoms with Gasteiger partial charge >= 0.3 is 0 Å². The van der Waals surface area contributed by atoms with Gasteiger partial charge in [-0.2, -0.15) is 0 Å². The molecule has 0 amide bonds. The van der Waals surface area contributed by atoms with E-state index >= 15 is 0 Å². The zero-order chi connectivity index (χ0) is 8.10. The molecule has 0 N–H and O–H groups in total. The molecule has 1 aliphatic carbocycles. The lowest BCUT2D eigenvalue weighted by atomic mass is 10.1. The van der Waals surface area contributed by atoms with Crippen LogP contribution in [0.4, 0.5) is 0 Å². The lowest BCUT2D eigenvalue weighted by Gasteiger charge is -2.17. The Morgan fingerprint density at radius 2 is 2.09 bits per heavy atom. The van der Waals surface area contributed by atoms with E-state index in [9.17, 15) is 0 Å². The number of rotatable bonds is 3. The molecule has 0 fully saturated rings. The van der Waals surface area contributed by atoms with Gasteiger partial charge < -0.3 is 9.47 Å². The molecule has 11 heavy (non-hydrogen) atoms. The van der Waals surface area contributed by atoms with Gasteiger partial charge in [0.2, 0.25) is 0 Å². The number of hydrogen-bond acceptors (Lipinski definition) is 2. The monoisotopic (exact) mass is 154 g/mol. The first kappa shape index (κ1) is 8.50. The van der Waals surface area contributed by atoms with Crippen LogP contribution in [0.5, 0.6) is 0 Å². The molecule has 0 atom stereocenters. The van der Waals surface area contributed by atoms with Crippen LogP contribution in [-0.2, 0) is 9.47 Å². The number of methoxy groups -OCH3 is 2. The van der Waals surface area contributed by atoms with Crippen molar-refractivity contribution in [3.8, 4) is 0 Å². The van der Waals surface area contributed by atoms with Gasteiger partial charge in [0.05, 0.1) is 0 Å². The maximum Gasteiger partial charge on any atom is 0.179 e. The Morgan fingerprint density at radius 3 is 2.55 bits per heavy atom. The van der Waals surface area contributed by atoms with Crippen LogP contribution in [0.3, 0.4) is 0 Å². The first-order chi connectivity index (χ1) is 5.38. The fraction of sp³-hybridized carbons (Fsp3) is 0.556. The molecule has 0 saturated heterocycles. The minimum absolute atomic E-state index is 0.153. The van der Waals surface area contributed by atoms with Crippen molar-refractivity contribution in [3.05, 3.63) is 23.8 Å². The maximum atomic E-state index is 5.11. The van der Waals surface area contributed by atoms with E-state index in [1.165, 1.54) is 5.57 Å². The second-order valence-corrected chi connectivity index (χ2v) is 2.51. The Balaban J connectivity index is 2.56. The molecular formula is C9H14O2. The van der Waals surface area contributed by atoms with E-state index in [0.717, 1.165) is 12.8 Å². The lowest BCUT2D eigenvalue weighted by Crippen LogP contribution is -2.16. The predicted molar refractivity (Wildman–Crippen MR) is 44.3 cm³/mol. The summed E-state index contributed by atoms with van der Waals surface area (Å²) in [7, 11) is 3.32. The first-order valence-electron chi connectivity index (χ1n) is 3.79. The molecule has 0 unspecified atom stereocenters. The third-order valence-electron chi connectivity index (χ3n) is 1.78. The van der Waals surface area contributed by atoms with Crippen LogP contribution < -0.4 is 0 Å². The van der Waals surface area contributed by atoms with Crippen molar-refractivity contribution in [3.63, 3.8) is 0 Å². The van der Waals surface area contributed by atoms with E-state index in [2.05, 4.69) is 12.2 Å². The maximum absolute atomic E-state index is 5.11. The minimum atomic E-state index is -0.153. The molecule has 2 nitrogen and oxygen atoms in total. The van der Waals surface area contributed by atoms with Gasteiger partial charge in [0.25, 0.3) is 0 Å². The van der Waals surface area contributed by atoms with Crippen LogP contribution in [0, 0.1) is 0 Å². The summed E-state index contributed by atoms with van der Waals surface area (Å²) >= 11 is 0. The Bertz CT molecular complexity index is 166. The van der Waals surface area contributed by atoms with E-state index in [0.29, 0.717) is 0 Å². The van der Waals surface area contributed by atoms with Crippen LogP contribution in [0.25, 0.3) is 0 Å². The zero-order valence-electron chi connectivity index (χ0n) is 7.04. The van der Waals surface area contributed by atoms with Crippen molar-refractivity contribution < 1.29 is 9.47 Å². The molecule has 0 aromatic rings. The van der Waals surface area contributed by atoms with Gasteiger partial charge in [0.1, 0.15) is 0 Å². The van der Waals surface area contributed by atoms with Gasteiger partial charge in [-0.25, -0.2) is 0 Å². The zero-order valence-corrected chi connectivity index (χ0v) is 7.04. The second-order valence-electron chi connectivity index (χ2n) is 2.51. The number of ether oxygens (including phenoxy) is 2. The van der Waals surface area contributed by atoms with Gasteiger partial charge in [-0.1, -0.05) is 18.2 Å². The van der Waals surface area contributed by atoms with Crippen LogP contribution in [0.2, 0.25) is 0 Å². The Labute approximate surface area is 67.5 Å². The smallest absolute Gasteiger partial charge is 0.179 e. The molecular weight excluding hydrogens is 140 g/mol. The van der Waals surface area contributed by atoms with Crippen LogP contribution in [-0.4, -0.2) is 20.5 Å². The highest BCUT2D eigenvalue weighted by atomic mass is 16.7. The minimum Gasteiger partial charge on any atom is -0.352 e. The van der Waals surface area contributed by atoms with Crippen molar-refractivity contribution in [2.45, 2.75) is 19.1 Å². The summed E-state index contributed by atoms with van der Waals surface area (Å²) in [5.74, 6) is 0. The fourth-order valence-electron chi connectivity index (χ4n) is 1.22. The van der Waals surface area contributed by atoms with Gasteiger partial charge in [0, 0.05) is 14.2 Å². The predicted octanol–water partition coefficient (Wildman–Crippen LogP) is 1.88. The highest BCUT2D eigenvalue weighted by Crippen LogP contribution is 2.17. The van der Waals surface area contributed by atoms with Crippen molar-refractivity contribution >= 4 is 0 Å². The molecule has 0 bridgehead atoms. The van der Waals surface area contributed by atoms with Gasteiger partial charge in [-0.05, 0) is 18.4 Å². The third-order valence-corrected chi connectivity index (χ3v) is 1.78. The van der Waals surface area contributed by atoms with E-state index in [1.54, 1.807) is 14.2 Å². The quantitative estimate of drug-likeness (QED) is 0.578. The summed E-state index contributed by atoms with van der Waals surface area (Å²) < 4.78 is 10.2. The number of hydrogen-bond donors (Lipinski definition) is 0. The Morgan fingerprint density at radius 1 is 1.36 bits per heavy atom. The molecule has 0 saturated carbocycles. The largest absolute Gasteiger partial charge is 0.352 e. The molecule has 0 aromatic carbocycles. The molecule has 0 heterocycles. The van der Waals surface area contributed by atoms with E-state index in [-0.39, 0.29) is 6.29 Å². The van der Waals surface area contributed by atoms with Gasteiger partial charge in [-0.15, -0.1) is 0 Å². The summed E-state index contributed by atoms with van der Waals surface area (Å²) in [6, 6.07) is 0. The van der Waals surface area contributed by atoms with Crippen molar-refractivity contribution in [1.29, 1.82) is 0 Å². The summed E-state index contributed by atoms with van der Waals surface area (Å²) in [5, 5.41) is 0. The SMILES string of the molecule is COC(OC)C1=CC=CCC1. The third kappa shape index (κ3) is 2.17. The summed E-state index contributed by atoms with van der Waals surface area (Å²) in [6.07, 6.45) is 8.23. The first-order valence-corrected chi connectivity index (χ1v) is 3.79. The molecule has 0 spiro atoms. The van der Waals surface area contributed by atoms with Gasteiger partial charge in [-0.3, -0.25) is 0 Å². The average molecular weight is 154 g/mol.